The smallest absolute Gasteiger partial charge is 0.429 e. The van der Waals surface area contributed by atoms with Crippen LogP contribution in [0.1, 0.15) is 6.42 Å². The molecule has 0 atom stereocenters. The molecule has 0 spiro atoms. The second-order valence-electron chi connectivity index (χ2n) is 2.04. The maximum atomic E-state index is 10.6. The van der Waals surface area contributed by atoms with Crippen LogP contribution < -0.4 is 0 Å². The molecular weight excluding hydrogens is 238 g/mol. The highest BCUT2D eigenvalue weighted by molar-refractivity contribution is 7.94. The average Bonchev–Trinajstić information content (AvgIpc) is 1.95. The summed E-state index contributed by atoms with van der Waals surface area (Å²) in [5.74, 6) is -0.445. The van der Waals surface area contributed by atoms with Crippen molar-refractivity contribution in [2.45, 2.75) is 6.42 Å². The minimum absolute atomic E-state index is 0.0277. The van der Waals surface area contributed by atoms with Crippen LogP contribution in [-0.4, -0.2) is 35.1 Å². The molecule has 78 valence electrons. The number of amides is 1. The lowest BCUT2D eigenvalue weighted by molar-refractivity contribution is 0.143. The second kappa shape index (κ2) is 5.58. The van der Waals surface area contributed by atoms with Crippen molar-refractivity contribution in [1.82, 2.24) is 3.71 Å². The molecule has 0 saturated carbocycles. The van der Waals surface area contributed by atoms with E-state index in [0.717, 1.165) is 0 Å². The monoisotopic (exact) mass is 247 g/mol. The zero-order valence-electron chi connectivity index (χ0n) is 6.45. The number of carbonyl (C=O) groups is 1. The van der Waals surface area contributed by atoms with Crippen LogP contribution in [-0.2, 0) is 14.9 Å². The quantitative estimate of drug-likeness (QED) is 0.380. The van der Waals surface area contributed by atoms with E-state index >= 15 is 0 Å². The molecule has 0 bridgehead atoms. The Morgan fingerprint density at radius 3 is 2.38 bits per heavy atom. The minimum Gasteiger partial charge on any atom is -0.448 e. The third-order valence-electron chi connectivity index (χ3n) is 0.935. The van der Waals surface area contributed by atoms with Gasteiger partial charge in [0.1, 0.15) is 0 Å². The molecule has 9 heteroatoms. The Morgan fingerprint density at radius 1 is 1.46 bits per heavy atom. The number of ether oxygens (including phenoxy) is 1. The summed E-state index contributed by atoms with van der Waals surface area (Å²) < 4.78 is 33.7. The molecule has 0 aliphatic rings. The molecule has 6 nitrogen and oxygen atoms in total. The SMILES string of the molecule is O=C(OCCCS(=O)(=O)O)N(S)S. The van der Waals surface area contributed by atoms with Gasteiger partial charge >= 0.3 is 6.09 Å². The highest BCUT2D eigenvalue weighted by atomic mass is 32.2. The van der Waals surface area contributed by atoms with Crippen LogP contribution >= 0.6 is 25.6 Å². The summed E-state index contributed by atoms with van der Waals surface area (Å²) >= 11 is 7.01. The summed E-state index contributed by atoms with van der Waals surface area (Å²) in [5, 5.41) is 0. The predicted molar refractivity (Wildman–Crippen MR) is 52.2 cm³/mol. The molecule has 1 N–H and O–H groups in total. The minimum atomic E-state index is -3.99. The first-order chi connectivity index (χ1) is 5.83. The van der Waals surface area contributed by atoms with Gasteiger partial charge in [0.15, 0.2) is 0 Å². The molecule has 0 aromatic rings. The van der Waals surface area contributed by atoms with Gasteiger partial charge in [-0.25, -0.2) is 4.79 Å². The van der Waals surface area contributed by atoms with Crippen LogP contribution in [0, 0.1) is 0 Å². The van der Waals surface area contributed by atoms with Crippen molar-refractivity contribution in [2.24, 2.45) is 0 Å². The molecule has 0 unspecified atom stereocenters. The first-order valence-corrected chi connectivity index (χ1v) is 5.53. The van der Waals surface area contributed by atoms with E-state index in [-0.39, 0.29) is 13.0 Å². The molecule has 0 radical (unpaired) electrons. The van der Waals surface area contributed by atoms with E-state index in [1.165, 1.54) is 0 Å². The van der Waals surface area contributed by atoms with Gasteiger partial charge in [0.25, 0.3) is 10.1 Å². The van der Waals surface area contributed by atoms with Gasteiger partial charge < -0.3 is 4.74 Å². The lowest BCUT2D eigenvalue weighted by atomic mass is 10.5. The number of rotatable bonds is 4. The Morgan fingerprint density at radius 2 is 2.00 bits per heavy atom. The maximum Gasteiger partial charge on any atom is 0.429 e. The predicted octanol–water partition coefficient (Wildman–Crippen LogP) is 0.393. The fourth-order valence-corrected chi connectivity index (χ4v) is 1.06. The lowest BCUT2D eigenvalue weighted by Gasteiger charge is -2.07. The van der Waals surface area contributed by atoms with Crippen molar-refractivity contribution in [3.8, 4) is 0 Å². The van der Waals surface area contributed by atoms with E-state index in [2.05, 4.69) is 30.4 Å². The molecule has 0 aromatic carbocycles. The number of thiol groups is 2. The summed E-state index contributed by atoms with van der Waals surface area (Å²) in [5.41, 5.74) is 0. The first-order valence-electron chi connectivity index (χ1n) is 3.13. The van der Waals surface area contributed by atoms with Crippen LogP contribution in [0.2, 0.25) is 0 Å². The van der Waals surface area contributed by atoms with Gasteiger partial charge in [0, 0.05) is 0 Å². The topological polar surface area (TPSA) is 83.9 Å². The molecular formula is C4H9NO5S3. The van der Waals surface area contributed by atoms with Gasteiger partial charge in [-0.15, -0.1) is 0 Å². The number of carbonyl (C=O) groups excluding carboxylic acids is 1. The number of hydrogen-bond donors (Lipinski definition) is 3. The van der Waals surface area contributed by atoms with E-state index in [1.54, 1.807) is 0 Å². The largest absolute Gasteiger partial charge is 0.448 e. The fourth-order valence-electron chi connectivity index (χ4n) is 0.459. The third-order valence-corrected chi connectivity index (χ3v) is 2.07. The van der Waals surface area contributed by atoms with Gasteiger partial charge in [-0.05, 0) is 32.1 Å². The Kier molecular flexibility index (Phi) is 5.53. The van der Waals surface area contributed by atoms with Crippen LogP contribution in [0.4, 0.5) is 4.79 Å². The maximum absolute atomic E-state index is 10.6. The lowest BCUT2D eigenvalue weighted by Crippen LogP contribution is -2.16. The van der Waals surface area contributed by atoms with Crippen molar-refractivity contribution >= 4 is 41.8 Å². The van der Waals surface area contributed by atoms with Gasteiger partial charge in [-0.3, -0.25) is 4.55 Å². The van der Waals surface area contributed by atoms with Crippen molar-refractivity contribution in [2.75, 3.05) is 12.4 Å². The standard InChI is InChI=1S/C4H9NO5S3/c6-4(5(11)12)10-2-1-3-13(7,8)9/h11-12H,1-3H2,(H,7,8,9). The van der Waals surface area contributed by atoms with Crippen molar-refractivity contribution < 1.29 is 22.5 Å². The summed E-state index contributed by atoms with van der Waals surface area (Å²) in [6, 6.07) is 0. The van der Waals surface area contributed by atoms with E-state index in [0.29, 0.717) is 3.71 Å². The molecule has 0 saturated heterocycles. The molecule has 0 aromatic heterocycles. The van der Waals surface area contributed by atoms with Crippen molar-refractivity contribution in [3.63, 3.8) is 0 Å². The van der Waals surface area contributed by atoms with Crippen LogP contribution in [0.25, 0.3) is 0 Å². The molecule has 0 heterocycles. The van der Waals surface area contributed by atoms with Crippen molar-refractivity contribution in [1.29, 1.82) is 0 Å². The molecule has 0 aliphatic carbocycles. The van der Waals surface area contributed by atoms with Crippen molar-refractivity contribution in [3.05, 3.63) is 0 Å². The summed E-state index contributed by atoms with van der Waals surface area (Å²) in [6.07, 6.45) is -0.776. The van der Waals surface area contributed by atoms with Crippen LogP contribution in [0.15, 0.2) is 0 Å². The molecule has 0 fully saturated rings. The van der Waals surface area contributed by atoms with E-state index < -0.39 is 22.0 Å². The average molecular weight is 247 g/mol. The number of hydrogen-bond acceptors (Lipinski definition) is 6. The van der Waals surface area contributed by atoms with Gasteiger partial charge in [0.2, 0.25) is 0 Å². The van der Waals surface area contributed by atoms with Gasteiger partial charge in [-0.1, -0.05) is 0 Å². The molecule has 0 rings (SSSR count). The van der Waals surface area contributed by atoms with Crippen LogP contribution in [0.5, 0.6) is 0 Å². The molecule has 1 amide bonds. The fraction of sp³-hybridized carbons (Fsp3) is 0.750. The number of nitrogens with zero attached hydrogens (tertiary/aromatic N) is 1. The normalized spacial score (nSPS) is 11.0. The van der Waals surface area contributed by atoms with Gasteiger partial charge in [0.05, 0.1) is 12.4 Å². The first kappa shape index (κ1) is 12.9. The summed E-state index contributed by atoms with van der Waals surface area (Å²) in [7, 11) is -3.99. The Labute approximate surface area is 87.1 Å². The zero-order valence-corrected chi connectivity index (χ0v) is 9.06. The molecule has 13 heavy (non-hydrogen) atoms. The zero-order chi connectivity index (χ0) is 10.5. The van der Waals surface area contributed by atoms with Crippen LogP contribution in [0.3, 0.4) is 0 Å². The van der Waals surface area contributed by atoms with Gasteiger partial charge in [-0.2, -0.15) is 12.1 Å². The summed E-state index contributed by atoms with van der Waals surface area (Å²) in [6.45, 7) is -0.115. The molecule has 0 aliphatic heterocycles. The highest BCUT2D eigenvalue weighted by Crippen LogP contribution is 2.01. The van der Waals surface area contributed by atoms with E-state index in [1.807, 2.05) is 0 Å². The van der Waals surface area contributed by atoms with E-state index in [4.69, 9.17) is 4.55 Å². The second-order valence-corrected chi connectivity index (χ2v) is 4.73. The Bertz CT molecular complexity index is 261. The summed E-state index contributed by atoms with van der Waals surface area (Å²) in [4.78, 5) is 10.6. The highest BCUT2D eigenvalue weighted by Gasteiger charge is 2.08. The third kappa shape index (κ3) is 8.22. The Balaban J connectivity index is 3.53. The van der Waals surface area contributed by atoms with E-state index in [9.17, 15) is 13.2 Å². The Hall–Kier alpha value is -0.120.